The van der Waals surface area contributed by atoms with Gasteiger partial charge in [-0.15, -0.1) is 0 Å². The lowest BCUT2D eigenvalue weighted by atomic mass is 9.96. The van der Waals surface area contributed by atoms with Crippen LogP contribution in [0.15, 0.2) is 36.8 Å². The number of nitrogens with one attached hydrogen (secondary N) is 1. The summed E-state index contributed by atoms with van der Waals surface area (Å²) in [5, 5.41) is 4.25. The number of benzene rings is 1. The van der Waals surface area contributed by atoms with E-state index in [-0.39, 0.29) is 0 Å². The summed E-state index contributed by atoms with van der Waals surface area (Å²) in [4.78, 5) is 4.30. The zero-order chi connectivity index (χ0) is 13.8. The van der Waals surface area contributed by atoms with Gasteiger partial charge in [0.15, 0.2) is 0 Å². The van der Waals surface area contributed by atoms with E-state index in [2.05, 4.69) is 27.0 Å². The minimum atomic E-state index is 0.771. The maximum Gasteiger partial charge on any atom is 0.0950 e. The van der Waals surface area contributed by atoms with Crippen LogP contribution in [0.25, 0.3) is 11.3 Å². The molecule has 1 N–H and O–H groups in total. The number of piperidine rings is 1. The molecule has 1 saturated heterocycles. The van der Waals surface area contributed by atoms with Gasteiger partial charge in [0.25, 0.3) is 0 Å². The highest BCUT2D eigenvalue weighted by molar-refractivity contribution is 6.30. The second-order valence-electron chi connectivity index (χ2n) is 5.48. The van der Waals surface area contributed by atoms with Crippen molar-refractivity contribution in [2.45, 2.75) is 25.8 Å². The van der Waals surface area contributed by atoms with Crippen molar-refractivity contribution in [2.75, 3.05) is 13.1 Å². The van der Waals surface area contributed by atoms with Gasteiger partial charge >= 0.3 is 0 Å². The van der Waals surface area contributed by atoms with Gasteiger partial charge in [-0.25, -0.2) is 4.98 Å². The van der Waals surface area contributed by atoms with E-state index in [1.165, 1.54) is 37.1 Å². The first kappa shape index (κ1) is 13.7. The average Bonchev–Trinajstić information content (AvgIpc) is 2.95. The summed E-state index contributed by atoms with van der Waals surface area (Å²) in [5.74, 6) is 0.796. The van der Waals surface area contributed by atoms with Crippen LogP contribution in [0.4, 0.5) is 0 Å². The smallest absolute Gasteiger partial charge is 0.0950 e. The maximum atomic E-state index is 5.95. The summed E-state index contributed by atoms with van der Waals surface area (Å²) in [6.07, 6.45) is 7.73. The van der Waals surface area contributed by atoms with E-state index in [0.29, 0.717) is 0 Å². The summed E-state index contributed by atoms with van der Waals surface area (Å²) in [7, 11) is 0. The molecule has 0 amide bonds. The third kappa shape index (κ3) is 3.22. The van der Waals surface area contributed by atoms with Crippen LogP contribution < -0.4 is 5.32 Å². The van der Waals surface area contributed by atoms with E-state index in [1.807, 2.05) is 24.7 Å². The molecule has 2 aromatic rings. The van der Waals surface area contributed by atoms with Crippen molar-refractivity contribution < 1.29 is 0 Å². The molecule has 0 saturated carbocycles. The summed E-state index contributed by atoms with van der Waals surface area (Å²) < 4.78 is 2.25. The van der Waals surface area contributed by atoms with Gasteiger partial charge in [-0.3, -0.25) is 0 Å². The van der Waals surface area contributed by atoms with Gasteiger partial charge < -0.3 is 9.88 Å². The number of nitrogens with zero attached hydrogens (tertiary/aromatic N) is 2. The number of halogens is 1. The molecule has 20 heavy (non-hydrogen) atoms. The van der Waals surface area contributed by atoms with Crippen LogP contribution in [-0.4, -0.2) is 22.6 Å². The summed E-state index contributed by atoms with van der Waals surface area (Å²) >= 11 is 5.95. The van der Waals surface area contributed by atoms with E-state index in [0.717, 1.165) is 24.0 Å². The van der Waals surface area contributed by atoms with Crippen molar-refractivity contribution in [3.05, 3.63) is 41.8 Å². The van der Waals surface area contributed by atoms with Crippen LogP contribution in [0.1, 0.15) is 19.3 Å². The van der Waals surface area contributed by atoms with E-state index < -0.39 is 0 Å². The lowest BCUT2D eigenvalue weighted by Gasteiger charge is -2.23. The van der Waals surface area contributed by atoms with Gasteiger partial charge in [0.2, 0.25) is 0 Å². The monoisotopic (exact) mass is 289 g/mol. The minimum Gasteiger partial charge on any atom is -0.331 e. The second kappa shape index (κ2) is 6.42. The Balaban J connectivity index is 1.68. The molecule has 3 rings (SSSR count). The molecule has 1 atom stereocenters. The standard InChI is InChI=1S/C16H20ClN3/c17-15-5-3-14(4-6-15)16-11-19-12-20(16)9-7-13-2-1-8-18-10-13/h3-6,11-13,18H,1-2,7-10H2. The maximum absolute atomic E-state index is 5.95. The molecule has 2 heterocycles. The van der Waals surface area contributed by atoms with Gasteiger partial charge in [-0.05, 0) is 56.0 Å². The Morgan fingerprint density at radius 3 is 2.90 bits per heavy atom. The fourth-order valence-electron chi connectivity index (χ4n) is 2.85. The van der Waals surface area contributed by atoms with Crippen molar-refractivity contribution in [3.8, 4) is 11.3 Å². The normalized spacial score (nSPS) is 19.1. The zero-order valence-corrected chi connectivity index (χ0v) is 12.3. The lowest BCUT2D eigenvalue weighted by molar-refractivity contribution is 0.342. The van der Waals surface area contributed by atoms with Crippen LogP contribution in [0.2, 0.25) is 5.02 Å². The van der Waals surface area contributed by atoms with E-state index in [1.54, 1.807) is 0 Å². The summed E-state index contributed by atoms with van der Waals surface area (Å²) in [6.45, 7) is 3.37. The number of hydrogen-bond donors (Lipinski definition) is 1. The predicted molar refractivity (Wildman–Crippen MR) is 82.9 cm³/mol. The Labute approximate surface area is 125 Å². The number of aryl methyl sites for hydroxylation is 1. The third-order valence-electron chi connectivity index (χ3n) is 4.03. The Morgan fingerprint density at radius 1 is 1.30 bits per heavy atom. The molecule has 0 bridgehead atoms. The van der Waals surface area contributed by atoms with Gasteiger partial charge in [0, 0.05) is 11.6 Å². The Kier molecular flexibility index (Phi) is 4.38. The molecule has 106 valence electrons. The Bertz CT molecular complexity index is 541. The molecular weight excluding hydrogens is 270 g/mol. The van der Waals surface area contributed by atoms with Crippen molar-refractivity contribution in [1.82, 2.24) is 14.9 Å². The van der Waals surface area contributed by atoms with E-state index in [9.17, 15) is 0 Å². The molecule has 0 aliphatic carbocycles. The highest BCUT2D eigenvalue weighted by Crippen LogP contribution is 2.23. The van der Waals surface area contributed by atoms with Gasteiger partial charge in [-0.1, -0.05) is 23.7 Å². The first-order valence-corrected chi connectivity index (χ1v) is 7.67. The highest BCUT2D eigenvalue weighted by Gasteiger charge is 2.13. The summed E-state index contributed by atoms with van der Waals surface area (Å²) in [5.41, 5.74) is 2.35. The van der Waals surface area contributed by atoms with Crippen molar-refractivity contribution in [2.24, 2.45) is 5.92 Å². The fraction of sp³-hybridized carbons (Fsp3) is 0.438. The molecule has 1 aliphatic rings. The van der Waals surface area contributed by atoms with E-state index in [4.69, 9.17) is 11.6 Å². The SMILES string of the molecule is Clc1ccc(-c2cncn2CCC2CCCNC2)cc1. The summed E-state index contributed by atoms with van der Waals surface area (Å²) in [6, 6.07) is 7.97. The highest BCUT2D eigenvalue weighted by atomic mass is 35.5. The quantitative estimate of drug-likeness (QED) is 0.932. The number of rotatable bonds is 4. The van der Waals surface area contributed by atoms with E-state index >= 15 is 0 Å². The largest absolute Gasteiger partial charge is 0.331 e. The molecule has 3 nitrogen and oxygen atoms in total. The molecular formula is C16H20ClN3. The minimum absolute atomic E-state index is 0.771. The van der Waals surface area contributed by atoms with Crippen LogP contribution >= 0.6 is 11.6 Å². The van der Waals surface area contributed by atoms with Crippen molar-refractivity contribution in [1.29, 1.82) is 0 Å². The average molecular weight is 290 g/mol. The molecule has 4 heteroatoms. The van der Waals surface area contributed by atoms with Crippen LogP contribution in [-0.2, 0) is 6.54 Å². The van der Waals surface area contributed by atoms with Gasteiger partial charge in [0.05, 0.1) is 18.2 Å². The lowest BCUT2D eigenvalue weighted by Crippen LogP contribution is -2.30. The molecule has 1 unspecified atom stereocenters. The number of aromatic nitrogens is 2. The Hall–Kier alpha value is -1.32. The second-order valence-corrected chi connectivity index (χ2v) is 5.92. The zero-order valence-electron chi connectivity index (χ0n) is 11.6. The number of imidazole rings is 1. The van der Waals surface area contributed by atoms with Crippen molar-refractivity contribution in [3.63, 3.8) is 0 Å². The van der Waals surface area contributed by atoms with Crippen LogP contribution in [0.3, 0.4) is 0 Å². The van der Waals surface area contributed by atoms with Crippen LogP contribution in [0.5, 0.6) is 0 Å². The molecule has 1 aromatic heterocycles. The van der Waals surface area contributed by atoms with Crippen molar-refractivity contribution >= 4 is 11.6 Å². The molecule has 1 fully saturated rings. The Morgan fingerprint density at radius 2 is 2.15 bits per heavy atom. The molecule has 0 spiro atoms. The van der Waals surface area contributed by atoms with Gasteiger partial charge in [-0.2, -0.15) is 0 Å². The first-order chi connectivity index (χ1) is 9.83. The van der Waals surface area contributed by atoms with Gasteiger partial charge in [0.1, 0.15) is 0 Å². The fourth-order valence-corrected chi connectivity index (χ4v) is 2.98. The van der Waals surface area contributed by atoms with Crippen LogP contribution in [0, 0.1) is 5.92 Å². The molecule has 0 radical (unpaired) electrons. The molecule has 1 aliphatic heterocycles. The third-order valence-corrected chi connectivity index (χ3v) is 4.28. The molecule has 1 aromatic carbocycles. The number of hydrogen-bond acceptors (Lipinski definition) is 2. The first-order valence-electron chi connectivity index (χ1n) is 7.30. The topological polar surface area (TPSA) is 29.9 Å². The predicted octanol–water partition coefficient (Wildman–Crippen LogP) is 3.59.